The Morgan fingerprint density at radius 2 is 2.32 bits per heavy atom. The van der Waals surface area contributed by atoms with Crippen LogP contribution in [-0.2, 0) is 16.1 Å². The van der Waals surface area contributed by atoms with E-state index in [9.17, 15) is 4.79 Å². The highest BCUT2D eigenvalue weighted by Gasteiger charge is 2.25. The van der Waals surface area contributed by atoms with E-state index in [-0.39, 0.29) is 5.91 Å². The molecule has 1 saturated heterocycles. The molecule has 5 nitrogen and oxygen atoms in total. The highest BCUT2D eigenvalue weighted by atomic mass is 32.1. The summed E-state index contributed by atoms with van der Waals surface area (Å²) in [7, 11) is 3.63. The lowest BCUT2D eigenvalue weighted by Crippen LogP contribution is -2.54. The molecule has 6 heteroatoms. The van der Waals surface area contributed by atoms with Crippen molar-refractivity contribution < 1.29 is 9.53 Å². The third-order valence-corrected chi connectivity index (χ3v) is 4.95. The molecule has 0 aromatic carbocycles. The zero-order chi connectivity index (χ0) is 15.9. The molecule has 1 aromatic rings. The minimum Gasteiger partial charge on any atom is -0.383 e. The monoisotopic (exact) mass is 325 g/mol. The van der Waals surface area contributed by atoms with E-state index in [1.807, 2.05) is 11.9 Å². The number of thiophene rings is 1. The Morgan fingerprint density at radius 3 is 2.95 bits per heavy atom. The SMILES string of the molecule is COCCN1CCN(CC(=O)N(C)Cc2ccsc2)C[C@H]1C. The van der Waals surface area contributed by atoms with Gasteiger partial charge in [0.1, 0.15) is 0 Å². The van der Waals surface area contributed by atoms with E-state index in [1.54, 1.807) is 18.4 Å². The molecule has 0 spiro atoms. The van der Waals surface area contributed by atoms with Crippen LogP contribution in [0, 0.1) is 0 Å². The molecule has 0 radical (unpaired) electrons. The van der Waals surface area contributed by atoms with Crippen molar-refractivity contribution in [3.8, 4) is 0 Å². The van der Waals surface area contributed by atoms with E-state index < -0.39 is 0 Å². The molecule has 2 rings (SSSR count). The standard InChI is InChI=1S/C16H27N3O2S/c1-14-10-18(5-6-19(14)7-8-21-3)12-16(20)17(2)11-15-4-9-22-13-15/h4,9,13-14H,5-8,10-12H2,1-3H3/t14-/m1/s1. The second kappa shape index (κ2) is 8.62. The summed E-state index contributed by atoms with van der Waals surface area (Å²) < 4.78 is 5.15. The quantitative estimate of drug-likeness (QED) is 0.758. The first-order chi connectivity index (χ1) is 10.6. The summed E-state index contributed by atoms with van der Waals surface area (Å²) in [5, 5.41) is 4.15. The second-order valence-corrected chi connectivity index (χ2v) is 6.77. The van der Waals surface area contributed by atoms with Gasteiger partial charge in [-0.3, -0.25) is 14.6 Å². The van der Waals surface area contributed by atoms with Crippen LogP contribution in [0.15, 0.2) is 16.8 Å². The molecule has 1 aliphatic heterocycles. The van der Waals surface area contributed by atoms with E-state index in [1.165, 1.54) is 5.56 Å². The van der Waals surface area contributed by atoms with E-state index in [0.717, 1.165) is 32.8 Å². The number of likely N-dealkylation sites (N-methyl/N-ethyl adjacent to an activating group) is 1. The Morgan fingerprint density at radius 1 is 1.50 bits per heavy atom. The molecule has 0 unspecified atom stereocenters. The van der Waals surface area contributed by atoms with Crippen LogP contribution in [0.3, 0.4) is 0 Å². The number of methoxy groups -OCH3 is 1. The van der Waals surface area contributed by atoms with Crippen LogP contribution in [-0.4, -0.2) is 80.1 Å². The van der Waals surface area contributed by atoms with Crippen LogP contribution in [0.4, 0.5) is 0 Å². The van der Waals surface area contributed by atoms with Gasteiger partial charge in [0.2, 0.25) is 5.91 Å². The first-order valence-corrected chi connectivity index (χ1v) is 8.75. The molecule has 1 aromatic heterocycles. The van der Waals surface area contributed by atoms with Crippen molar-refractivity contribution in [2.75, 3.05) is 53.5 Å². The molecule has 2 heterocycles. The van der Waals surface area contributed by atoms with Crippen molar-refractivity contribution >= 4 is 17.2 Å². The van der Waals surface area contributed by atoms with Gasteiger partial charge in [0.15, 0.2) is 0 Å². The zero-order valence-corrected chi connectivity index (χ0v) is 14.6. The van der Waals surface area contributed by atoms with Gasteiger partial charge in [0.05, 0.1) is 13.2 Å². The average molecular weight is 325 g/mol. The molecule has 1 atom stereocenters. The first-order valence-electron chi connectivity index (χ1n) is 7.80. The molecule has 1 amide bonds. The van der Waals surface area contributed by atoms with E-state index in [4.69, 9.17) is 4.74 Å². The van der Waals surface area contributed by atoms with Crippen molar-refractivity contribution in [1.82, 2.24) is 14.7 Å². The van der Waals surface area contributed by atoms with E-state index in [0.29, 0.717) is 19.1 Å². The van der Waals surface area contributed by atoms with Crippen molar-refractivity contribution in [3.63, 3.8) is 0 Å². The number of carbonyl (C=O) groups excluding carboxylic acids is 1. The fourth-order valence-electron chi connectivity index (χ4n) is 2.81. The summed E-state index contributed by atoms with van der Waals surface area (Å²) in [6.45, 7) is 8.08. The van der Waals surface area contributed by atoms with Gasteiger partial charge in [-0.1, -0.05) is 0 Å². The summed E-state index contributed by atoms with van der Waals surface area (Å²) in [4.78, 5) is 18.9. The summed E-state index contributed by atoms with van der Waals surface area (Å²) in [5.74, 6) is 0.198. The predicted octanol–water partition coefficient (Wildman–Crippen LogP) is 1.36. The minimum atomic E-state index is 0.198. The minimum absolute atomic E-state index is 0.198. The lowest BCUT2D eigenvalue weighted by molar-refractivity contribution is -0.132. The normalized spacial score (nSPS) is 20.2. The Bertz CT molecular complexity index is 452. The van der Waals surface area contributed by atoms with Crippen molar-refractivity contribution in [2.45, 2.75) is 19.5 Å². The maximum Gasteiger partial charge on any atom is 0.236 e. The van der Waals surface area contributed by atoms with Crippen LogP contribution in [0.1, 0.15) is 12.5 Å². The van der Waals surface area contributed by atoms with E-state index >= 15 is 0 Å². The van der Waals surface area contributed by atoms with Gasteiger partial charge in [-0.15, -0.1) is 0 Å². The Kier molecular flexibility index (Phi) is 6.82. The Hall–Kier alpha value is -0.950. The lowest BCUT2D eigenvalue weighted by Gasteiger charge is -2.39. The van der Waals surface area contributed by atoms with Gasteiger partial charge in [-0.25, -0.2) is 0 Å². The molecule has 1 aliphatic rings. The van der Waals surface area contributed by atoms with Gasteiger partial charge in [-0.2, -0.15) is 11.3 Å². The topological polar surface area (TPSA) is 36.0 Å². The lowest BCUT2D eigenvalue weighted by atomic mass is 10.2. The number of ether oxygens (including phenoxy) is 1. The van der Waals surface area contributed by atoms with Crippen LogP contribution >= 0.6 is 11.3 Å². The van der Waals surface area contributed by atoms with E-state index in [2.05, 4.69) is 33.6 Å². The van der Waals surface area contributed by atoms with Gasteiger partial charge < -0.3 is 9.64 Å². The van der Waals surface area contributed by atoms with Gasteiger partial charge in [-0.05, 0) is 29.3 Å². The Balaban J connectivity index is 1.75. The highest BCUT2D eigenvalue weighted by molar-refractivity contribution is 7.07. The summed E-state index contributed by atoms with van der Waals surface area (Å²) in [5.41, 5.74) is 1.21. The number of nitrogens with zero attached hydrogens (tertiary/aromatic N) is 3. The highest BCUT2D eigenvalue weighted by Crippen LogP contribution is 2.11. The summed E-state index contributed by atoms with van der Waals surface area (Å²) in [6, 6.07) is 2.55. The Labute approximate surface area is 137 Å². The second-order valence-electron chi connectivity index (χ2n) is 5.99. The summed E-state index contributed by atoms with van der Waals surface area (Å²) in [6.07, 6.45) is 0. The van der Waals surface area contributed by atoms with Crippen molar-refractivity contribution in [2.24, 2.45) is 0 Å². The number of hydrogen-bond donors (Lipinski definition) is 0. The number of carbonyl (C=O) groups is 1. The smallest absolute Gasteiger partial charge is 0.236 e. The fraction of sp³-hybridized carbons (Fsp3) is 0.688. The maximum atomic E-state index is 12.4. The molecular formula is C16H27N3O2S. The van der Waals surface area contributed by atoms with Crippen LogP contribution < -0.4 is 0 Å². The maximum absolute atomic E-state index is 12.4. The largest absolute Gasteiger partial charge is 0.383 e. The molecule has 0 aliphatic carbocycles. The van der Waals surface area contributed by atoms with Crippen molar-refractivity contribution in [1.29, 1.82) is 0 Å². The molecular weight excluding hydrogens is 298 g/mol. The zero-order valence-electron chi connectivity index (χ0n) is 13.8. The van der Waals surface area contributed by atoms with Gasteiger partial charge >= 0.3 is 0 Å². The van der Waals surface area contributed by atoms with Gasteiger partial charge in [0.25, 0.3) is 0 Å². The third kappa shape index (κ3) is 5.05. The van der Waals surface area contributed by atoms with Crippen LogP contribution in [0.2, 0.25) is 0 Å². The van der Waals surface area contributed by atoms with Crippen LogP contribution in [0.5, 0.6) is 0 Å². The number of amides is 1. The first kappa shape index (κ1) is 17.4. The molecule has 0 N–H and O–H groups in total. The molecule has 0 saturated carbocycles. The molecule has 22 heavy (non-hydrogen) atoms. The van der Waals surface area contributed by atoms with Gasteiger partial charge in [0, 0.05) is 52.9 Å². The number of piperazine rings is 1. The fourth-order valence-corrected chi connectivity index (χ4v) is 3.47. The average Bonchev–Trinajstić information content (AvgIpc) is 2.99. The van der Waals surface area contributed by atoms with Crippen LogP contribution in [0.25, 0.3) is 0 Å². The molecule has 1 fully saturated rings. The van der Waals surface area contributed by atoms with Crippen molar-refractivity contribution in [3.05, 3.63) is 22.4 Å². The number of hydrogen-bond acceptors (Lipinski definition) is 5. The predicted molar refractivity (Wildman–Crippen MR) is 90.1 cm³/mol. The molecule has 124 valence electrons. The summed E-state index contributed by atoms with van der Waals surface area (Å²) >= 11 is 1.67. The number of rotatable bonds is 7. The molecule has 0 bridgehead atoms. The third-order valence-electron chi connectivity index (χ3n) is 4.22.